The molecule has 100 valence electrons. The molecule has 0 radical (unpaired) electrons. The molecule has 0 saturated carbocycles. The highest BCUT2D eigenvalue weighted by Crippen LogP contribution is 2.29. The van der Waals surface area contributed by atoms with Crippen LogP contribution in [0.3, 0.4) is 0 Å². The number of carbonyl (C=O) groups is 1. The highest BCUT2D eigenvalue weighted by atomic mass is 127. The first-order chi connectivity index (χ1) is 9.08. The second kappa shape index (κ2) is 5.60. The maximum Gasteiger partial charge on any atom is 0.351 e. The summed E-state index contributed by atoms with van der Waals surface area (Å²) in [6, 6.07) is 4.81. The third-order valence-corrected chi connectivity index (χ3v) is 3.64. The van der Waals surface area contributed by atoms with Crippen molar-refractivity contribution in [1.82, 2.24) is 0 Å². The van der Waals surface area contributed by atoms with Gasteiger partial charge in [0.1, 0.15) is 16.9 Å². The molecule has 2 aromatic rings. The SMILES string of the molecule is CCOC(=O)c1cc2c(I)c(OC)ccc2oc1=O. The fraction of sp³-hybridized carbons (Fsp3) is 0.231. The van der Waals surface area contributed by atoms with Crippen LogP contribution in [0.5, 0.6) is 5.75 Å². The summed E-state index contributed by atoms with van der Waals surface area (Å²) in [7, 11) is 1.55. The first-order valence-corrected chi connectivity index (χ1v) is 6.63. The Kier molecular flexibility index (Phi) is 4.08. The first-order valence-electron chi connectivity index (χ1n) is 5.56. The number of fused-ring (bicyclic) bond motifs is 1. The van der Waals surface area contributed by atoms with Gasteiger partial charge in [0.25, 0.3) is 0 Å². The highest BCUT2D eigenvalue weighted by Gasteiger charge is 2.17. The Bertz CT molecular complexity index is 689. The number of hydrogen-bond acceptors (Lipinski definition) is 5. The molecule has 0 N–H and O–H groups in total. The van der Waals surface area contributed by atoms with Gasteiger partial charge in [0.05, 0.1) is 17.3 Å². The molecule has 0 amide bonds. The summed E-state index contributed by atoms with van der Waals surface area (Å²) in [6.45, 7) is 1.87. The highest BCUT2D eigenvalue weighted by molar-refractivity contribution is 14.1. The summed E-state index contributed by atoms with van der Waals surface area (Å²) in [5.74, 6) is -0.0338. The van der Waals surface area contributed by atoms with E-state index in [2.05, 4.69) is 22.6 Å². The molecule has 0 atom stereocenters. The van der Waals surface area contributed by atoms with E-state index in [1.54, 1.807) is 26.2 Å². The third-order valence-electron chi connectivity index (χ3n) is 2.53. The first kappa shape index (κ1) is 13.9. The Hall–Kier alpha value is -1.57. The van der Waals surface area contributed by atoms with E-state index in [9.17, 15) is 9.59 Å². The third kappa shape index (κ3) is 2.58. The molecular formula is C13H11IO5. The molecule has 0 saturated heterocycles. The standard InChI is InChI=1S/C13H11IO5/c1-3-18-12(15)8-6-7-9(19-13(8)16)4-5-10(17-2)11(7)14/h4-6H,3H2,1-2H3. The van der Waals surface area contributed by atoms with Crippen molar-refractivity contribution in [2.24, 2.45) is 0 Å². The minimum absolute atomic E-state index is 0.111. The van der Waals surface area contributed by atoms with E-state index in [1.807, 2.05) is 0 Å². The zero-order valence-corrected chi connectivity index (χ0v) is 12.5. The van der Waals surface area contributed by atoms with Gasteiger partial charge in [-0.25, -0.2) is 9.59 Å². The molecule has 6 heteroatoms. The van der Waals surface area contributed by atoms with Crippen molar-refractivity contribution >= 4 is 39.5 Å². The van der Waals surface area contributed by atoms with Crippen LogP contribution in [0.25, 0.3) is 11.0 Å². The van der Waals surface area contributed by atoms with Crippen molar-refractivity contribution in [3.05, 3.63) is 37.8 Å². The normalized spacial score (nSPS) is 10.5. The summed E-state index contributed by atoms with van der Waals surface area (Å²) in [6.07, 6.45) is 0. The van der Waals surface area contributed by atoms with Crippen LogP contribution in [0.15, 0.2) is 27.4 Å². The van der Waals surface area contributed by atoms with E-state index < -0.39 is 11.6 Å². The number of benzene rings is 1. The molecule has 0 spiro atoms. The lowest BCUT2D eigenvalue weighted by molar-refractivity contribution is 0.0522. The summed E-state index contributed by atoms with van der Waals surface area (Å²) in [4.78, 5) is 23.4. The minimum atomic E-state index is -0.702. The molecule has 1 aromatic carbocycles. The Morgan fingerprint density at radius 2 is 2.16 bits per heavy atom. The maximum absolute atomic E-state index is 11.7. The molecule has 0 unspecified atom stereocenters. The summed E-state index contributed by atoms with van der Waals surface area (Å²) < 4.78 is 15.9. The lowest BCUT2D eigenvalue weighted by Crippen LogP contribution is -2.16. The number of halogens is 1. The Morgan fingerprint density at radius 1 is 1.42 bits per heavy atom. The van der Waals surface area contributed by atoms with Crippen LogP contribution >= 0.6 is 22.6 Å². The van der Waals surface area contributed by atoms with E-state index in [0.29, 0.717) is 16.7 Å². The van der Waals surface area contributed by atoms with Gasteiger partial charge in [0.15, 0.2) is 0 Å². The van der Waals surface area contributed by atoms with Crippen LogP contribution < -0.4 is 10.4 Å². The predicted octanol–water partition coefficient (Wildman–Crippen LogP) is 2.58. The van der Waals surface area contributed by atoms with Gasteiger partial charge in [-0.2, -0.15) is 0 Å². The van der Waals surface area contributed by atoms with Crippen LogP contribution in [-0.2, 0) is 4.74 Å². The molecule has 1 aromatic heterocycles. The van der Waals surface area contributed by atoms with Gasteiger partial charge in [-0.15, -0.1) is 0 Å². The molecule has 2 rings (SSSR count). The zero-order valence-electron chi connectivity index (χ0n) is 10.4. The van der Waals surface area contributed by atoms with Crippen LogP contribution in [0.2, 0.25) is 0 Å². The minimum Gasteiger partial charge on any atom is -0.496 e. The lowest BCUT2D eigenvalue weighted by Gasteiger charge is -2.07. The van der Waals surface area contributed by atoms with Gasteiger partial charge in [-0.1, -0.05) is 0 Å². The van der Waals surface area contributed by atoms with E-state index in [1.165, 1.54) is 6.07 Å². The zero-order chi connectivity index (χ0) is 14.0. The van der Waals surface area contributed by atoms with Crippen LogP contribution in [0.4, 0.5) is 0 Å². The Balaban J connectivity index is 2.68. The molecule has 19 heavy (non-hydrogen) atoms. The van der Waals surface area contributed by atoms with E-state index >= 15 is 0 Å². The van der Waals surface area contributed by atoms with E-state index in [-0.39, 0.29) is 12.2 Å². The van der Waals surface area contributed by atoms with Gasteiger partial charge in [0.2, 0.25) is 0 Å². The largest absolute Gasteiger partial charge is 0.496 e. The topological polar surface area (TPSA) is 65.7 Å². The second-order valence-electron chi connectivity index (χ2n) is 3.66. The quantitative estimate of drug-likeness (QED) is 0.470. The molecule has 5 nitrogen and oxygen atoms in total. The predicted molar refractivity (Wildman–Crippen MR) is 77.7 cm³/mol. The number of carbonyl (C=O) groups excluding carboxylic acids is 1. The van der Waals surface area contributed by atoms with Crippen molar-refractivity contribution in [3.8, 4) is 5.75 Å². The van der Waals surface area contributed by atoms with Gasteiger partial charge >= 0.3 is 11.6 Å². The smallest absolute Gasteiger partial charge is 0.351 e. The van der Waals surface area contributed by atoms with Crippen molar-refractivity contribution < 1.29 is 18.7 Å². The van der Waals surface area contributed by atoms with Crippen LogP contribution in [-0.4, -0.2) is 19.7 Å². The van der Waals surface area contributed by atoms with Crippen LogP contribution in [0, 0.1) is 3.57 Å². The van der Waals surface area contributed by atoms with Gasteiger partial charge in [0, 0.05) is 5.39 Å². The fourth-order valence-electron chi connectivity index (χ4n) is 1.65. The van der Waals surface area contributed by atoms with Gasteiger partial charge < -0.3 is 13.9 Å². The monoisotopic (exact) mass is 374 g/mol. The van der Waals surface area contributed by atoms with E-state index in [4.69, 9.17) is 13.9 Å². The Labute approximate surface area is 122 Å². The summed E-state index contributed by atoms with van der Waals surface area (Å²) in [5.41, 5.74) is -0.407. The molecule has 0 fully saturated rings. The molecule has 0 bridgehead atoms. The van der Waals surface area contributed by atoms with Gasteiger partial charge in [-0.3, -0.25) is 0 Å². The molecule has 0 aliphatic carbocycles. The van der Waals surface area contributed by atoms with Gasteiger partial charge in [-0.05, 0) is 47.7 Å². The van der Waals surface area contributed by atoms with Crippen molar-refractivity contribution in [2.45, 2.75) is 6.92 Å². The average Bonchev–Trinajstić information content (AvgIpc) is 2.39. The Morgan fingerprint density at radius 3 is 2.79 bits per heavy atom. The number of rotatable bonds is 3. The number of hydrogen-bond donors (Lipinski definition) is 0. The fourth-order valence-corrected chi connectivity index (χ4v) is 2.47. The van der Waals surface area contributed by atoms with Crippen molar-refractivity contribution in [1.29, 1.82) is 0 Å². The molecule has 1 heterocycles. The maximum atomic E-state index is 11.7. The van der Waals surface area contributed by atoms with Crippen molar-refractivity contribution in [2.75, 3.05) is 13.7 Å². The second-order valence-corrected chi connectivity index (χ2v) is 4.74. The molecule has 0 aliphatic rings. The van der Waals surface area contributed by atoms with Crippen LogP contribution in [0.1, 0.15) is 17.3 Å². The lowest BCUT2D eigenvalue weighted by atomic mass is 10.2. The summed E-state index contributed by atoms with van der Waals surface area (Å²) >= 11 is 2.07. The summed E-state index contributed by atoms with van der Waals surface area (Å²) in [5, 5.41) is 0.641. The molecular weight excluding hydrogens is 363 g/mol. The van der Waals surface area contributed by atoms with Crippen molar-refractivity contribution in [3.63, 3.8) is 0 Å². The molecule has 0 aliphatic heterocycles. The number of methoxy groups -OCH3 is 1. The number of ether oxygens (including phenoxy) is 2. The van der Waals surface area contributed by atoms with E-state index in [0.717, 1.165) is 3.57 Å². The average molecular weight is 374 g/mol. The number of esters is 1.